The van der Waals surface area contributed by atoms with E-state index in [-0.39, 0.29) is 5.25 Å². The van der Waals surface area contributed by atoms with E-state index in [2.05, 4.69) is 28.1 Å². The predicted octanol–water partition coefficient (Wildman–Crippen LogP) is 5.06. The fraction of sp³-hybridized carbons (Fsp3) is 0.333. The molecular formula is C18H18N2OS2. The third-order valence-corrected chi connectivity index (χ3v) is 6.42. The van der Waals surface area contributed by atoms with E-state index in [9.17, 15) is 4.79 Å². The molecule has 3 aromatic rings. The van der Waals surface area contributed by atoms with Gasteiger partial charge in [-0.1, -0.05) is 54.9 Å². The normalized spacial score (nSPS) is 19.1. The topological polar surface area (TPSA) is 34.4 Å². The maximum Gasteiger partial charge on any atom is 0.195 e. The number of thiazole rings is 1. The predicted molar refractivity (Wildman–Crippen MR) is 96.2 cm³/mol. The molecule has 0 aliphatic heterocycles. The highest BCUT2D eigenvalue weighted by atomic mass is 32.2. The molecule has 0 amide bonds. The molecule has 1 unspecified atom stereocenters. The molecule has 5 heteroatoms. The van der Waals surface area contributed by atoms with Crippen LogP contribution >= 0.6 is 23.1 Å². The number of carbonyl (C=O) groups is 1. The van der Waals surface area contributed by atoms with Crippen LogP contribution in [0.5, 0.6) is 0 Å². The molecule has 1 aromatic carbocycles. The van der Waals surface area contributed by atoms with Crippen LogP contribution in [0.2, 0.25) is 0 Å². The van der Waals surface area contributed by atoms with Crippen molar-refractivity contribution in [2.75, 3.05) is 0 Å². The molecule has 0 radical (unpaired) electrons. The number of carbonyl (C=O) groups excluding carboxylic acids is 1. The number of imidazole rings is 1. The van der Waals surface area contributed by atoms with E-state index in [0.717, 1.165) is 46.9 Å². The smallest absolute Gasteiger partial charge is 0.195 e. The molecule has 0 bridgehead atoms. The molecule has 0 N–H and O–H groups in total. The quantitative estimate of drug-likeness (QED) is 0.624. The van der Waals surface area contributed by atoms with Crippen LogP contribution in [0.3, 0.4) is 0 Å². The highest BCUT2D eigenvalue weighted by Gasteiger charge is 2.25. The summed E-state index contributed by atoms with van der Waals surface area (Å²) in [5, 5.41) is 3.23. The summed E-state index contributed by atoms with van der Waals surface area (Å²) in [5.41, 5.74) is 2.12. The van der Waals surface area contributed by atoms with Gasteiger partial charge in [0, 0.05) is 23.6 Å². The second kappa shape index (κ2) is 6.49. The number of Topliss-reactive ketones (excluding diaryl/α,β-unsaturated/α-hetero) is 1. The average molecular weight is 342 g/mol. The molecule has 2 heterocycles. The highest BCUT2D eigenvalue weighted by Crippen LogP contribution is 2.38. The van der Waals surface area contributed by atoms with Gasteiger partial charge in [-0.2, -0.15) is 0 Å². The zero-order valence-corrected chi connectivity index (χ0v) is 14.4. The fourth-order valence-electron chi connectivity index (χ4n) is 3.05. The average Bonchev–Trinajstić information content (AvgIpc) is 3.10. The molecule has 1 aliphatic rings. The van der Waals surface area contributed by atoms with Gasteiger partial charge in [0.2, 0.25) is 0 Å². The lowest BCUT2D eigenvalue weighted by Crippen LogP contribution is -2.15. The van der Waals surface area contributed by atoms with Gasteiger partial charge in [0.05, 0.1) is 5.25 Å². The number of benzene rings is 1. The zero-order valence-electron chi connectivity index (χ0n) is 12.8. The summed E-state index contributed by atoms with van der Waals surface area (Å²) in [4.78, 5) is 18.2. The number of ketones is 1. The van der Waals surface area contributed by atoms with E-state index >= 15 is 0 Å². The van der Waals surface area contributed by atoms with Gasteiger partial charge in [0.15, 0.2) is 4.96 Å². The number of nitrogens with zero attached hydrogens (tertiary/aromatic N) is 2. The van der Waals surface area contributed by atoms with Gasteiger partial charge >= 0.3 is 0 Å². The van der Waals surface area contributed by atoms with E-state index < -0.39 is 0 Å². The summed E-state index contributed by atoms with van der Waals surface area (Å²) < 4.78 is 2.13. The molecular weight excluding hydrogens is 324 g/mol. The van der Waals surface area contributed by atoms with E-state index in [1.807, 2.05) is 18.2 Å². The van der Waals surface area contributed by atoms with Crippen LogP contribution in [-0.4, -0.2) is 20.4 Å². The van der Waals surface area contributed by atoms with Crippen LogP contribution < -0.4 is 0 Å². The lowest BCUT2D eigenvalue weighted by Gasteiger charge is -2.13. The molecule has 1 aliphatic carbocycles. The van der Waals surface area contributed by atoms with Crippen LogP contribution in [0, 0.1) is 0 Å². The van der Waals surface area contributed by atoms with Crippen molar-refractivity contribution in [3.05, 3.63) is 41.9 Å². The van der Waals surface area contributed by atoms with E-state index in [1.54, 1.807) is 23.1 Å². The first-order valence-corrected chi connectivity index (χ1v) is 9.79. The standard InChI is InChI=1S/C18H18N2OS2/c21-14-9-5-2-6-10-15(14)23-17-16(13-7-3-1-4-8-13)19-18-20(17)11-12-22-18/h1,3-4,7-8,11-12,15H,2,5-6,9-10H2. The van der Waals surface area contributed by atoms with Crippen LogP contribution in [0.1, 0.15) is 32.1 Å². The Hall–Kier alpha value is -1.59. The highest BCUT2D eigenvalue weighted by molar-refractivity contribution is 8.00. The summed E-state index contributed by atoms with van der Waals surface area (Å²) in [6.45, 7) is 0. The van der Waals surface area contributed by atoms with Crippen LogP contribution in [-0.2, 0) is 4.79 Å². The summed E-state index contributed by atoms with van der Waals surface area (Å²) in [7, 11) is 0. The number of thioether (sulfide) groups is 1. The second-order valence-corrected chi connectivity index (χ2v) is 7.92. The Kier molecular flexibility index (Phi) is 4.23. The Bertz CT molecular complexity index is 822. The minimum Gasteiger partial charge on any atom is -0.298 e. The Morgan fingerprint density at radius 2 is 2.04 bits per heavy atom. The summed E-state index contributed by atoms with van der Waals surface area (Å²) in [5.74, 6) is 0.400. The molecule has 23 heavy (non-hydrogen) atoms. The van der Waals surface area contributed by atoms with Crippen molar-refractivity contribution in [1.82, 2.24) is 9.38 Å². The first kappa shape index (κ1) is 15.0. The van der Waals surface area contributed by atoms with Gasteiger partial charge in [-0.15, -0.1) is 11.3 Å². The maximum absolute atomic E-state index is 12.4. The molecule has 0 saturated heterocycles. The molecule has 4 rings (SSSR count). The van der Waals surface area contributed by atoms with Crippen molar-refractivity contribution in [2.45, 2.75) is 42.4 Å². The lowest BCUT2D eigenvalue weighted by atomic mass is 10.2. The zero-order chi connectivity index (χ0) is 15.6. The number of hydrogen-bond donors (Lipinski definition) is 0. The second-order valence-electron chi connectivity index (χ2n) is 5.86. The van der Waals surface area contributed by atoms with Crippen molar-refractivity contribution in [1.29, 1.82) is 0 Å². The number of hydrogen-bond acceptors (Lipinski definition) is 4. The van der Waals surface area contributed by atoms with Gasteiger partial charge in [-0.3, -0.25) is 9.20 Å². The summed E-state index contributed by atoms with van der Waals surface area (Å²) in [6.07, 6.45) is 7.13. The Labute approximate surface area is 143 Å². The number of aromatic nitrogens is 2. The SMILES string of the molecule is O=C1CCCCCC1Sc1c(-c2ccccc2)nc2sccn12. The van der Waals surface area contributed by atoms with Crippen molar-refractivity contribution in [3.8, 4) is 11.3 Å². The van der Waals surface area contributed by atoms with E-state index in [1.165, 1.54) is 6.42 Å². The Balaban J connectivity index is 1.75. The summed E-state index contributed by atoms with van der Waals surface area (Å²) >= 11 is 3.34. The lowest BCUT2D eigenvalue weighted by molar-refractivity contribution is -0.118. The first-order chi connectivity index (χ1) is 11.3. The molecule has 0 spiro atoms. The molecule has 1 fully saturated rings. The largest absolute Gasteiger partial charge is 0.298 e. The maximum atomic E-state index is 12.4. The van der Waals surface area contributed by atoms with Crippen LogP contribution in [0.4, 0.5) is 0 Å². The minimum atomic E-state index is 0.0692. The van der Waals surface area contributed by atoms with Gasteiger partial charge in [-0.05, 0) is 12.8 Å². The van der Waals surface area contributed by atoms with Crippen LogP contribution in [0.15, 0.2) is 46.9 Å². The monoisotopic (exact) mass is 342 g/mol. The van der Waals surface area contributed by atoms with Crippen molar-refractivity contribution in [2.24, 2.45) is 0 Å². The Morgan fingerprint density at radius 3 is 2.91 bits per heavy atom. The van der Waals surface area contributed by atoms with Crippen molar-refractivity contribution in [3.63, 3.8) is 0 Å². The third kappa shape index (κ3) is 2.95. The van der Waals surface area contributed by atoms with Crippen LogP contribution in [0.25, 0.3) is 16.2 Å². The van der Waals surface area contributed by atoms with Gasteiger partial charge in [0.1, 0.15) is 16.5 Å². The number of rotatable bonds is 3. The third-order valence-electron chi connectivity index (χ3n) is 4.27. The fourth-order valence-corrected chi connectivity index (χ4v) is 5.16. The first-order valence-electron chi connectivity index (χ1n) is 8.03. The molecule has 1 saturated carbocycles. The molecule has 2 aromatic heterocycles. The van der Waals surface area contributed by atoms with Crippen molar-refractivity contribution < 1.29 is 4.79 Å². The minimum absolute atomic E-state index is 0.0692. The van der Waals surface area contributed by atoms with Gasteiger partial charge < -0.3 is 0 Å². The Morgan fingerprint density at radius 1 is 1.17 bits per heavy atom. The van der Waals surface area contributed by atoms with Crippen molar-refractivity contribution >= 4 is 33.8 Å². The summed E-state index contributed by atoms with van der Waals surface area (Å²) in [6, 6.07) is 10.3. The van der Waals surface area contributed by atoms with E-state index in [0.29, 0.717) is 5.78 Å². The van der Waals surface area contributed by atoms with Gasteiger partial charge in [0.25, 0.3) is 0 Å². The molecule has 1 atom stereocenters. The molecule has 118 valence electrons. The molecule has 3 nitrogen and oxygen atoms in total. The number of fused-ring (bicyclic) bond motifs is 1. The van der Waals surface area contributed by atoms with Gasteiger partial charge in [-0.25, -0.2) is 4.98 Å². The van der Waals surface area contributed by atoms with E-state index in [4.69, 9.17) is 4.98 Å².